The van der Waals surface area contributed by atoms with Crippen molar-refractivity contribution in [2.45, 2.75) is 0 Å². The van der Waals surface area contributed by atoms with Crippen LogP contribution in [0.5, 0.6) is 0 Å². The second-order valence-electron chi connectivity index (χ2n) is 8.09. The molecule has 5 nitrogen and oxygen atoms in total. The Morgan fingerprint density at radius 2 is 1.35 bits per heavy atom. The minimum absolute atomic E-state index is 0.0644. The zero-order chi connectivity index (χ0) is 23.1. The van der Waals surface area contributed by atoms with Crippen LogP contribution in [0.4, 0.5) is 5.69 Å². The highest BCUT2D eigenvalue weighted by atomic mass is 16.6. The summed E-state index contributed by atoms with van der Waals surface area (Å²) in [4.78, 5) is 16.7. The summed E-state index contributed by atoms with van der Waals surface area (Å²) in [5, 5.41) is 13.9. The summed E-state index contributed by atoms with van der Waals surface area (Å²) in [6.07, 6.45) is 0. The van der Waals surface area contributed by atoms with Gasteiger partial charge in [-0.15, -0.1) is 0 Å². The number of rotatable bonds is 4. The fraction of sp³-hybridized carbons (Fsp3) is 0. The van der Waals surface area contributed by atoms with Crippen LogP contribution in [0.1, 0.15) is 0 Å². The molecule has 1 heterocycles. The Labute approximate surface area is 195 Å². The third kappa shape index (κ3) is 3.14. The second kappa shape index (κ2) is 7.98. The lowest BCUT2D eigenvalue weighted by molar-refractivity contribution is -0.384. The van der Waals surface area contributed by atoms with Gasteiger partial charge in [-0.05, 0) is 29.7 Å². The third-order valence-electron chi connectivity index (χ3n) is 6.09. The van der Waals surface area contributed by atoms with Crippen molar-refractivity contribution < 1.29 is 4.92 Å². The minimum atomic E-state index is -0.331. The van der Waals surface area contributed by atoms with Gasteiger partial charge < -0.3 is 0 Å². The second-order valence-corrected chi connectivity index (χ2v) is 8.09. The van der Waals surface area contributed by atoms with Gasteiger partial charge in [0.1, 0.15) is 5.82 Å². The van der Waals surface area contributed by atoms with Gasteiger partial charge in [-0.25, -0.2) is 4.98 Å². The van der Waals surface area contributed by atoms with E-state index >= 15 is 0 Å². The molecule has 5 aromatic carbocycles. The molecule has 0 atom stereocenters. The van der Waals surface area contributed by atoms with Crippen molar-refractivity contribution in [2.75, 3.05) is 0 Å². The SMILES string of the molecule is O=[N+]([O-])c1ccccc1-c1cc2ccccc2c2c1nc(-c1ccccc1)n2-c1ccccc1. The lowest BCUT2D eigenvalue weighted by Gasteiger charge is -2.12. The van der Waals surface area contributed by atoms with Gasteiger partial charge in [-0.2, -0.15) is 0 Å². The Kier molecular flexibility index (Phi) is 4.66. The van der Waals surface area contributed by atoms with Crippen molar-refractivity contribution >= 4 is 27.5 Å². The van der Waals surface area contributed by atoms with Gasteiger partial charge in [0.05, 0.1) is 21.5 Å². The molecular formula is C29H19N3O2. The van der Waals surface area contributed by atoms with E-state index in [0.717, 1.165) is 44.4 Å². The van der Waals surface area contributed by atoms with E-state index in [1.807, 2.05) is 78.9 Å². The predicted octanol–water partition coefficient (Wildman–Crippen LogP) is 7.42. The van der Waals surface area contributed by atoms with Crippen molar-refractivity contribution in [3.05, 3.63) is 125 Å². The summed E-state index contributed by atoms with van der Waals surface area (Å²) in [5.41, 5.74) is 4.98. The highest BCUT2D eigenvalue weighted by Crippen LogP contribution is 2.41. The first kappa shape index (κ1) is 19.9. The molecule has 0 radical (unpaired) electrons. The number of aromatic nitrogens is 2. The number of nitrogens with zero attached hydrogens (tertiary/aromatic N) is 3. The van der Waals surface area contributed by atoms with E-state index in [-0.39, 0.29) is 10.6 Å². The lowest BCUT2D eigenvalue weighted by Crippen LogP contribution is -1.98. The van der Waals surface area contributed by atoms with Crippen molar-refractivity contribution in [1.82, 2.24) is 9.55 Å². The van der Waals surface area contributed by atoms with Gasteiger partial charge in [0.25, 0.3) is 5.69 Å². The maximum absolute atomic E-state index is 11.9. The Balaban J connectivity index is 1.83. The minimum Gasteiger partial charge on any atom is -0.292 e. The smallest absolute Gasteiger partial charge is 0.277 e. The zero-order valence-electron chi connectivity index (χ0n) is 18.1. The highest BCUT2D eigenvalue weighted by Gasteiger charge is 2.23. The molecule has 0 saturated heterocycles. The van der Waals surface area contributed by atoms with Crippen LogP contribution in [0.3, 0.4) is 0 Å². The van der Waals surface area contributed by atoms with E-state index < -0.39 is 0 Å². The van der Waals surface area contributed by atoms with Gasteiger partial charge >= 0.3 is 0 Å². The molecule has 0 aliphatic rings. The van der Waals surface area contributed by atoms with E-state index in [4.69, 9.17) is 4.98 Å². The molecule has 0 bridgehead atoms. The quantitative estimate of drug-likeness (QED) is 0.211. The maximum Gasteiger partial charge on any atom is 0.277 e. The monoisotopic (exact) mass is 441 g/mol. The summed E-state index contributed by atoms with van der Waals surface area (Å²) in [5.74, 6) is 0.790. The van der Waals surface area contributed by atoms with Crippen LogP contribution < -0.4 is 0 Å². The summed E-state index contributed by atoms with van der Waals surface area (Å²) in [6.45, 7) is 0. The van der Waals surface area contributed by atoms with Gasteiger partial charge in [0, 0.05) is 28.3 Å². The molecule has 1 aromatic heterocycles. The average molecular weight is 441 g/mol. The first-order valence-corrected chi connectivity index (χ1v) is 11.0. The van der Waals surface area contributed by atoms with E-state index in [9.17, 15) is 10.1 Å². The molecule has 0 fully saturated rings. The Bertz CT molecular complexity index is 1670. The van der Waals surface area contributed by atoms with Crippen molar-refractivity contribution in [2.24, 2.45) is 0 Å². The molecule has 6 aromatic rings. The van der Waals surface area contributed by atoms with Crippen LogP contribution in [0.25, 0.3) is 50.0 Å². The number of nitro benzene ring substituents is 1. The standard InChI is InChI=1S/C29H19N3O2/c33-32(34)26-18-10-9-17-24(26)25-19-21-13-7-8-16-23(21)28-27(25)30-29(20-11-3-1-4-12-20)31(28)22-14-5-2-6-15-22/h1-19H. The van der Waals surface area contributed by atoms with E-state index in [2.05, 4.69) is 22.8 Å². The Morgan fingerprint density at radius 3 is 2.12 bits per heavy atom. The topological polar surface area (TPSA) is 61.0 Å². The first-order valence-electron chi connectivity index (χ1n) is 11.0. The molecule has 0 aliphatic carbocycles. The summed E-state index contributed by atoms with van der Waals surface area (Å²) in [7, 11) is 0. The fourth-order valence-electron chi connectivity index (χ4n) is 4.59. The van der Waals surface area contributed by atoms with Crippen LogP contribution in [-0.4, -0.2) is 14.5 Å². The zero-order valence-corrected chi connectivity index (χ0v) is 18.1. The Hall–Kier alpha value is -4.77. The number of imidazole rings is 1. The molecule has 0 unspecified atom stereocenters. The molecule has 0 saturated carbocycles. The lowest BCUT2D eigenvalue weighted by atomic mass is 9.97. The summed E-state index contributed by atoms with van der Waals surface area (Å²) < 4.78 is 2.16. The molecule has 0 spiro atoms. The number of fused-ring (bicyclic) bond motifs is 3. The number of hydrogen-bond donors (Lipinski definition) is 0. The number of benzene rings is 5. The van der Waals surface area contributed by atoms with Gasteiger partial charge in [-0.1, -0.05) is 84.9 Å². The number of nitro groups is 1. The Morgan fingerprint density at radius 1 is 0.706 bits per heavy atom. The van der Waals surface area contributed by atoms with Crippen molar-refractivity contribution in [3.63, 3.8) is 0 Å². The van der Waals surface area contributed by atoms with Crippen LogP contribution in [0, 0.1) is 10.1 Å². The number of para-hydroxylation sites is 2. The predicted molar refractivity (Wildman–Crippen MR) is 136 cm³/mol. The van der Waals surface area contributed by atoms with Crippen LogP contribution >= 0.6 is 0 Å². The van der Waals surface area contributed by atoms with Crippen molar-refractivity contribution in [3.8, 4) is 28.2 Å². The normalized spacial score (nSPS) is 11.2. The van der Waals surface area contributed by atoms with Crippen molar-refractivity contribution in [1.29, 1.82) is 0 Å². The number of hydrogen-bond acceptors (Lipinski definition) is 3. The summed E-state index contributed by atoms with van der Waals surface area (Å²) >= 11 is 0. The molecule has 5 heteroatoms. The van der Waals surface area contributed by atoms with E-state index in [1.165, 1.54) is 0 Å². The molecule has 0 aliphatic heterocycles. The molecule has 34 heavy (non-hydrogen) atoms. The molecular weight excluding hydrogens is 422 g/mol. The van der Waals surface area contributed by atoms with E-state index in [1.54, 1.807) is 18.2 Å². The molecule has 162 valence electrons. The van der Waals surface area contributed by atoms with Crippen LogP contribution in [-0.2, 0) is 0 Å². The summed E-state index contributed by atoms with van der Waals surface area (Å²) in [6, 6.07) is 37.1. The van der Waals surface area contributed by atoms with Gasteiger partial charge in [0.2, 0.25) is 0 Å². The largest absolute Gasteiger partial charge is 0.292 e. The van der Waals surface area contributed by atoms with Crippen LogP contribution in [0.2, 0.25) is 0 Å². The first-order chi connectivity index (χ1) is 16.7. The molecule has 6 rings (SSSR count). The van der Waals surface area contributed by atoms with Gasteiger partial charge in [-0.3, -0.25) is 14.7 Å². The molecule has 0 amide bonds. The average Bonchev–Trinajstić information content (AvgIpc) is 3.30. The maximum atomic E-state index is 11.9. The highest BCUT2D eigenvalue weighted by molar-refractivity contribution is 6.13. The van der Waals surface area contributed by atoms with Gasteiger partial charge in [0.15, 0.2) is 0 Å². The molecule has 0 N–H and O–H groups in total. The fourth-order valence-corrected chi connectivity index (χ4v) is 4.59. The third-order valence-corrected chi connectivity index (χ3v) is 6.09. The van der Waals surface area contributed by atoms with E-state index in [0.29, 0.717) is 5.56 Å². The van der Waals surface area contributed by atoms with Crippen LogP contribution in [0.15, 0.2) is 115 Å².